The number of rotatable bonds is 2. The van der Waals surface area contributed by atoms with E-state index >= 15 is 0 Å². The van der Waals surface area contributed by atoms with Crippen LogP contribution in [0.2, 0.25) is 0 Å². The fourth-order valence-corrected chi connectivity index (χ4v) is 1.74. The molecule has 10 heavy (non-hydrogen) atoms. The van der Waals surface area contributed by atoms with Crippen molar-refractivity contribution in [3.05, 3.63) is 0 Å². The molecule has 1 rings (SSSR count). The standard InChI is InChI=1S/C9H19N/c1-6(2)5-7-8(10)9(7,3)4/h6-8H,5,10H2,1-4H3/t7-,8-/m0/s1. The van der Waals surface area contributed by atoms with Gasteiger partial charge in [0.05, 0.1) is 0 Å². The van der Waals surface area contributed by atoms with Gasteiger partial charge in [-0.15, -0.1) is 0 Å². The smallest absolute Gasteiger partial charge is 0.0128 e. The Kier molecular flexibility index (Phi) is 1.80. The predicted octanol–water partition coefficient (Wildman–Crippen LogP) is 2.02. The first kappa shape index (κ1) is 8.06. The predicted molar refractivity (Wildman–Crippen MR) is 44.7 cm³/mol. The van der Waals surface area contributed by atoms with Crippen molar-refractivity contribution in [1.82, 2.24) is 0 Å². The van der Waals surface area contributed by atoms with Gasteiger partial charge in [-0.05, 0) is 23.7 Å². The zero-order valence-electron chi connectivity index (χ0n) is 7.52. The summed E-state index contributed by atoms with van der Waals surface area (Å²) in [5.74, 6) is 1.59. The van der Waals surface area contributed by atoms with E-state index in [-0.39, 0.29) is 0 Å². The Hall–Kier alpha value is -0.0400. The van der Waals surface area contributed by atoms with Crippen LogP contribution in [-0.4, -0.2) is 6.04 Å². The molecule has 0 spiro atoms. The highest BCUT2D eigenvalue weighted by Gasteiger charge is 2.54. The van der Waals surface area contributed by atoms with E-state index in [1.165, 1.54) is 6.42 Å². The molecule has 0 saturated heterocycles. The Labute approximate surface area is 64.0 Å². The average molecular weight is 141 g/mol. The molecule has 2 N–H and O–H groups in total. The van der Waals surface area contributed by atoms with E-state index < -0.39 is 0 Å². The highest BCUT2D eigenvalue weighted by molar-refractivity contribution is 5.08. The molecule has 1 aliphatic carbocycles. The Balaban J connectivity index is 2.35. The molecule has 0 aromatic heterocycles. The summed E-state index contributed by atoms with van der Waals surface area (Å²) in [6.45, 7) is 9.07. The average Bonchev–Trinajstić information content (AvgIpc) is 2.17. The third-order valence-electron chi connectivity index (χ3n) is 2.86. The molecule has 0 bridgehead atoms. The Morgan fingerprint density at radius 2 is 1.80 bits per heavy atom. The van der Waals surface area contributed by atoms with Gasteiger partial charge in [0.15, 0.2) is 0 Å². The summed E-state index contributed by atoms with van der Waals surface area (Å²) in [6.07, 6.45) is 1.30. The molecule has 1 saturated carbocycles. The van der Waals surface area contributed by atoms with E-state index in [2.05, 4.69) is 27.7 Å². The molecule has 1 aliphatic rings. The van der Waals surface area contributed by atoms with Crippen LogP contribution in [0.1, 0.15) is 34.1 Å². The highest BCUT2D eigenvalue weighted by atomic mass is 14.8. The molecule has 0 amide bonds. The molecule has 0 radical (unpaired) electrons. The van der Waals surface area contributed by atoms with Gasteiger partial charge < -0.3 is 5.73 Å². The monoisotopic (exact) mass is 141 g/mol. The summed E-state index contributed by atoms with van der Waals surface area (Å²) < 4.78 is 0. The van der Waals surface area contributed by atoms with E-state index in [1.807, 2.05) is 0 Å². The molecule has 1 nitrogen and oxygen atoms in total. The minimum absolute atomic E-state index is 0.435. The third kappa shape index (κ3) is 1.20. The van der Waals surface area contributed by atoms with Gasteiger partial charge in [0.2, 0.25) is 0 Å². The van der Waals surface area contributed by atoms with E-state index in [4.69, 9.17) is 5.73 Å². The van der Waals surface area contributed by atoms with Crippen molar-refractivity contribution in [3.63, 3.8) is 0 Å². The maximum absolute atomic E-state index is 5.89. The highest BCUT2D eigenvalue weighted by Crippen LogP contribution is 2.53. The Morgan fingerprint density at radius 1 is 1.40 bits per heavy atom. The molecule has 0 heterocycles. The molecule has 0 aromatic rings. The lowest BCUT2D eigenvalue weighted by Gasteiger charge is -2.04. The van der Waals surface area contributed by atoms with Crippen molar-refractivity contribution in [2.75, 3.05) is 0 Å². The van der Waals surface area contributed by atoms with E-state index in [9.17, 15) is 0 Å². The summed E-state index contributed by atoms with van der Waals surface area (Å²) in [6, 6.07) is 0.467. The van der Waals surface area contributed by atoms with Gasteiger partial charge in [0.25, 0.3) is 0 Å². The zero-order valence-corrected chi connectivity index (χ0v) is 7.52. The third-order valence-corrected chi connectivity index (χ3v) is 2.86. The van der Waals surface area contributed by atoms with E-state index in [1.54, 1.807) is 0 Å². The SMILES string of the molecule is CC(C)C[C@H]1[C@H](N)C1(C)C. The van der Waals surface area contributed by atoms with Crippen molar-refractivity contribution >= 4 is 0 Å². The van der Waals surface area contributed by atoms with Crippen LogP contribution in [0.15, 0.2) is 0 Å². The molecule has 0 aliphatic heterocycles. The Morgan fingerprint density at radius 3 is 1.90 bits per heavy atom. The first-order valence-corrected chi connectivity index (χ1v) is 4.22. The zero-order chi connectivity index (χ0) is 7.94. The van der Waals surface area contributed by atoms with Crippen molar-refractivity contribution < 1.29 is 0 Å². The fraction of sp³-hybridized carbons (Fsp3) is 1.00. The van der Waals surface area contributed by atoms with Gasteiger partial charge in [0.1, 0.15) is 0 Å². The summed E-state index contributed by atoms with van der Waals surface area (Å²) in [7, 11) is 0. The van der Waals surface area contributed by atoms with Crippen LogP contribution in [-0.2, 0) is 0 Å². The van der Waals surface area contributed by atoms with Crippen LogP contribution in [0, 0.1) is 17.3 Å². The summed E-state index contributed by atoms with van der Waals surface area (Å²) in [5.41, 5.74) is 6.33. The second-order valence-corrected chi connectivity index (χ2v) is 4.58. The van der Waals surface area contributed by atoms with Crippen molar-refractivity contribution in [3.8, 4) is 0 Å². The van der Waals surface area contributed by atoms with E-state index in [0.717, 1.165) is 11.8 Å². The lowest BCUT2D eigenvalue weighted by Crippen LogP contribution is -2.06. The van der Waals surface area contributed by atoms with Crippen LogP contribution < -0.4 is 5.73 Å². The molecule has 0 unspecified atom stereocenters. The van der Waals surface area contributed by atoms with Crippen LogP contribution in [0.5, 0.6) is 0 Å². The topological polar surface area (TPSA) is 26.0 Å². The van der Waals surface area contributed by atoms with E-state index in [0.29, 0.717) is 11.5 Å². The second kappa shape index (κ2) is 2.23. The van der Waals surface area contributed by atoms with Crippen molar-refractivity contribution in [2.24, 2.45) is 23.0 Å². The molecular weight excluding hydrogens is 122 g/mol. The lowest BCUT2D eigenvalue weighted by molar-refractivity contribution is 0.462. The van der Waals surface area contributed by atoms with Gasteiger partial charge in [-0.2, -0.15) is 0 Å². The molecule has 60 valence electrons. The summed E-state index contributed by atoms with van der Waals surface area (Å²) in [4.78, 5) is 0. The van der Waals surface area contributed by atoms with Crippen LogP contribution >= 0.6 is 0 Å². The maximum Gasteiger partial charge on any atom is 0.0128 e. The first-order valence-electron chi connectivity index (χ1n) is 4.22. The molecule has 1 fully saturated rings. The van der Waals surface area contributed by atoms with Crippen molar-refractivity contribution in [1.29, 1.82) is 0 Å². The largest absolute Gasteiger partial charge is 0.327 e. The van der Waals surface area contributed by atoms with Gasteiger partial charge >= 0.3 is 0 Å². The Bertz CT molecular complexity index is 127. The maximum atomic E-state index is 5.89. The fourth-order valence-electron chi connectivity index (χ4n) is 1.74. The normalized spacial score (nSPS) is 36.6. The quantitative estimate of drug-likeness (QED) is 0.625. The van der Waals surface area contributed by atoms with Crippen molar-refractivity contribution in [2.45, 2.75) is 40.2 Å². The molecule has 2 atom stereocenters. The number of hydrogen-bond donors (Lipinski definition) is 1. The molecular formula is C9H19N. The van der Waals surface area contributed by atoms with Gasteiger partial charge in [-0.25, -0.2) is 0 Å². The van der Waals surface area contributed by atoms with Gasteiger partial charge in [0, 0.05) is 6.04 Å². The number of hydrogen-bond acceptors (Lipinski definition) is 1. The molecule has 1 heteroatoms. The minimum atomic E-state index is 0.435. The first-order chi connectivity index (χ1) is 4.46. The summed E-state index contributed by atoms with van der Waals surface area (Å²) >= 11 is 0. The second-order valence-electron chi connectivity index (χ2n) is 4.58. The lowest BCUT2D eigenvalue weighted by atomic mass is 10.0. The van der Waals surface area contributed by atoms with Crippen LogP contribution in [0.4, 0.5) is 0 Å². The minimum Gasteiger partial charge on any atom is -0.327 e. The summed E-state index contributed by atoms with van der Waals surface area (Å²) in [5, 5.41) is 0. The van der Waals surface area contributed by atoms with Gasteiger partial charge in [-0.3, -0.25) is 0 Å². The van der Waals surface area contributed by atoms with Crippen LogP contribution in [0.3, 0.4) is 0 Å². The van der Waals surface area contributed by atoms with Gasteiger partial charge in [-0.1, -0.05) is 27.7 Å². The molecule has 0 aromatic carbocycles. The van der Waals surface area contributed by atoms with Crippen LogP contribution in [0.25, 0.3) is 0 Å². The number of nitrogens with two attached hydrogens (primary N) is 1.